The fourth-order valence-corrected chi connectivity index (χ4v) is 9.15. The van der Waals surface area contributed by atoms with E-state index in [1.165, 1.54) is 0 Å². The Hall–Kier alpha value is -4.34. The molecule has 1 aromatic carbocycles. The van der Waals surface area contributed by atoms with Crippen LogP contribution in [-0.2, 0) is 16.0 Å². The molecule has 0 saturated carbocycles. The molecule has 6 bridgehead atoms. The summed E-state index contributed by atoms with van der Waals surface area (Å²) in [6.45, 7) is 4.71. The molecule has 1 amide bonds. The van der Waals surface area contributed by atoms with Crippen molar-refractivity contribution in [1.29, 1.82) is 0 Å². The molecule has 2 aromatic heterocycles. The maximum absolute atomic E-state index is 17.0. The third-order valence-corrected chi connectivity index (χ3v) is 11.4. The average Bonchev–Trinajstić information content (AvgIpc) is 3.62. The predicted octanol–water partition coefficient (Wildman–Crippen LogP) is 6.20. The molecule has 16 heteroatoms. The maximum Gasteiger partial charge on any atom is 0.490 e. The number of aromatic hydroxyl groups is 1. The van der Waals surface area contributed by atoms with Crippen LogP contribution in [0.5, 0.6) is 11.8 Å². The Kier molecular flexibility index (Phi) is 9.87. The third kappa shape index (κ3) is 7.43. The van der Waals surface area contributed by atoms with E-state index in [0.29, 0.717) is 49.2 Å². The van der Waals surface area contributed by atoms with Gasteiger partial charge in [-0.1, -0.05) is 0 Å². The number of alkyl halides is 4. The van der Waals surface area contributed by atoms with Crippen LogP contribution in [0.2, 0.25) is 0 Å². The van der Waals surface area contributed by atoms with Crippen molar-refractivity contribution in [2.45, 2.75) is 107 Å². The standard InChI is InChI=1S/C35H42F2N6O3.C2HF3O2/c1-34-10-4-12-42(19-34)32-26-17-38-30(25-15-24(44)14-22-8-2-6-21(28(22)25)7-3-9-27(45)41-34)29(37)31(26)39-33(40-32)46-20-35-11-5-13-43(35)18-23(36)16-35;3-2(4,5)1(6)7/h14-15,17,21,23,44H,2-13,16,18-20H2,1H3,(H,41,45);(H,6,7)/t21-,23-,34-,35+;/m1./s1. The van der Waals surface area contributed by atoms with Gasteiger partial charge in [-0.25, -0.2) is 13.6 Å². The van der Waals surface area contributed by atoms with Gasteiger partial charge >= 0.3 is 18.2 Å². The van der Waals surface area contributed by atoms with Crippen LogP contribution in [0.4, 0.5) is 27.8 Å². The number of rotatable bonds is 3. The number of phenolic OH excluding ortho intramolecular Hbond substituents is 1. The summed E-state index contributed by atoms with van der Waals surface area (Å²) in [7, 11) is 0. The molecule has 4 atom stereocenters. The van der Waals surface area contributed by atoms with Gasteiger partial charge in [0.1, 0.15) is 35.6 Å². The van der Waals surface area contributed by atoms with Crippen molar-refractivity contribution in [3.63, 3.8) is 0 Å². The number of aryl methyl sites for hydroxylation is 1. The molecule has 0 radical (unpaired) electrons. The number of aliphatic carboxylic acids is 1. The maximum atomic E-state index is 17.0. The van der Waals surface area contributed by atoms with Gasteiger partial charge in [-0.15, -0.1) is 0 Å². The van der Waals surface area contributed by atoms with E-state index in [9.17, 15) is 27.5 Å². The Morgan fingerprint density at radius 3 is 2.58 bits per heavy atom. The number of pyridine rings is 1. The summed E-state index contributed by atoms with van der Waals surface area (Å²) >= 11 is 0. The molecular formula is C37H43F5N6O5. The highest BCUT2D eigenvalue weighted by atomic mass is 19.4. The van der Waals surface area contributed by atoms with Gasteiger partial charge < -0.3 is 25.2 Å². The predicted molar refractivity (Wildman–Crippen MR) is 184 cm³/mol. The topological polar surface area (TPSA) is 141 Å². The summed E-state index contributed by atoms with van der Waals surface area (Å²) in [6.07, 6.45) is 4.14. The Balaban J connectivity index is 0.000000568. The summed E-state index contributed by atoms with van der Waals surface area (Å²) in [5, 5.41) is 21.6. The molecule has 3 fully saturated rings. The summed E-state index contributed by atoms with van der Waals surface area (Å²) < 4.78 is 69.5. The zero-order chi connectivity index (χ0) is 37.7. The largest absolute Gasteiger partial charge is 0.508 e. The SMILES string of the molecule is C[C@@]12CCCN(C1)c1nc(OC[C@@]34CCCN3C[C@H](F)C4)nc3c(F)c(ncc13)-c1cc(O)cc3c1[C@@H](CCCC(=O)N2)CCC3.O=C(O)C(F)(F)F. The molecule has 6 aliphatic rings. The van der Waals surface area contributed by atoms with E-state index in [-0.39, 0.29) is 41.4 Å². The first kappa shape index (κ1) is 37.0. The van der Waals surface area contributed by atoms with Crippen molar-refractivity contribution in [1.82, 2.24) is 25.2 Å². The van der Waals surface area contributed by atoms with Crippen molar-refractivity contribution in [2.24, 2.45) is 0 Å². The summed E-state index contributed by atoms with van der Waals surface area (Å²) in [4.78, 5) is 40.6. The van der Waals surface area contributed by atoms with Gasteiger partial charge in [0.2, 0.25) is 5.91 Å². The molecule has 286 valence electrons. The number of piperidine rings is 1. The number of benzene rings is 1. The Morgan fingerprint density at radius 1 is 1.09 bits per heavy atom. The number of amides is 1. The number of nitrogens with one attached hydrogen (secondary N) is 1. The lowest BCUT2D eigenvalue weighted by Gasteiger charge is -2.42. The van der Waals surface area contributed by atoms with Crippen LogP contribution in [0.15, 0.2) is 18.3 Å². The van der Waals surface area contributed by atoms with Crippen LogP contribution in [0.3, 0.4) is 0 Å². The van der Waals surface area contributed by atoms with Gasteiger partial charge in [0, 0.05) is 44.2 Å². The van der Waals surface area contributed by atoms with Crippen LogP contribution >= 0.6 is 0 Å². The minimum absolute atomic E-state index is 0.0365. The lowest BCUT2D eigenvalue weighted by Crippen LogP contribution is -2.57. The normalized spacial score (nSPS) is 27.2. The molecule has 5 aliphatic heterocycles. The van der Waals surface area contributed by atoms with Gasteiger partial charge in [0.25, 0.3) is 0 Å². The number of carbonyl (C=O) groups is 2. The van der Waals surface area contributed by atoms with Crippen LogP contribution in [-0.4, -0.2) is 98.2 Å². The first-order valence-corrected chi connectivity index (χ1v) is 18.3. The van der Waals surface area contributed by atoms with Crippen molar-refractivity contribution < 1.29 is 46.5 Å². The van der Waals surface area contributed by atoms with Gasteiger partial charge in [-0.05, 0) is 100 Å². The zero-order valence-electron chi connectivity index (χ0n) is 29.4. The quantitative estimate of drug-likeness (QED) is 0.265. The van der Waals surface area contributed by atoms with Gasteiger partial charge in [0.15, 0.2) is 5.82 Å². The van der Waals surface area contributed by atoms with Crippen LogP contribution < -0.4 is 15.0 Å². The van der Waals surface area contributed by atoms with E-state index < -0.39 is 35.2 Å². The first-order valence-electron chi connectivity index (χ1n) is 18.3. The van der Waals surface area contributed by atoms with Gasteiger partial charge in [-0.2, -0.15) is 23.1 Å². The Bertz CT molecular complexity index is 1910. The second-order valence-electron chi connectivity index (χ2n) is 15.4. The van der Waals surface area contributed by atoms with E-state index in [4.69, 9.17) is 24.6 Å². The van der Waals surface area contributed by atoms with Crippen molar-refractivity contribution in [2.75, 3.05) is 37.7 Å². The second-order valence-corrected chi connectivity index (χ2v) is 15.4. The summed E-state index contributed by atoms with van der Waals surface area (Å²) in [5.41, 5.74) is 1.94. The lowest BCUT2D eigenvalue weighted by atomic mass is 9.77. The van der Waals surface area contributed by atoms with Crippen molar-refractivity contribution >= 4 is 28.6 Å². The molecule has 0 spiro atoms. The highest BCUT2D eigenvalue weighted by Gasteiger charge is 2.49. The van der Waals surface area contributed by atoms with E-state index in [1.807, 2.05) is 0 Å². The monoisotopic (exact) mass is 746 g/mol. The zero-order valence-corrected chi connectivity index (χ0v) is 29.4. The lowest BCUT2D eigenvalue weighted by molar-refractivity contribution is -0.192. The first-order chi connectivity index (χ1) is 25.1. The third-order valence-electron chi connectivity index (χ3n) is 11.4. The van der Waals surface area contributed by atoms with E-state index in [2.05, 4.69) is 27.0 Å². The number of ether oxygens (including phenoxy) is 1. The number of anilines is 1. The van der Waals surface area contributed by atoms with Gasteiger partial charge in [-0.3, -0.25) is 14.7 Å². The van der Waals surface area contributed by atoms with Crippen LogP contribution in [0.25, 0.3) is 22.2 Å². The number of fused-ring (bicyclic) bond motifs is 6. The molecule has 3 N–H and O–H groups in total. The van der Waals surface area contributed by atoms with E-state index >= 15 is 4.39 Å². The summed E-state index contributed by atoms with van der Waals surface area (Å²) in [5.74, 6) is -2.59. The van der Waals surface area contributed by atoms with Crippen LogP contribution in [0.1, 0.15) is 88.2 Å². The van der Waals surface area contributed by atoms with Crippen LogP contribution in [0, 0.1) is 5.82 Å². The van der Waals surface area contributed by atoms with E-state index in [1.54, 1.807) is 18.3 Å². The molecule has 1 aliphatic carbocycles. The molecular weight excluding hydrogens is 703 g/mol. The molecule has 0 unspecified atom stereocenters. The number of carbonyl (C=O) groups excluding carboxylic acids is 1. The minimum atomic E-state index is -5.08. The molecule has 7 heterocycles. The molecule has 53 heavy (non-hydrogen) atoms. The van der Waals surface area contributed by atoms with Crippen molar-refractivity contribution in [3.8, 4) is 23.0 Å². The smallest absolute Gasteiger partial charge is 0.490 e. The number of phenols is 1. The minimum Gasteiger partial charge on any atom is -0.508 e. The number of carboxylic acid groups (broad SMARTS) is 1. The summed E-state index contributed by atoms with van der Waals surface area (Å²) in [6, 6.07) is 3.45. The molecule has 3 aromatic rings. The number of halogens is 5. The van der Waals surface area contributed by atoms with Gasteiger partial charge in [0.05, 0.1) is 16.5 Å². The van der Waals surface area contributed by atoms with E-state index in [0.717, 1.165) is 75.5 Å². The fraction of sp³-hybridized carbons (Fsp3) is 0.595. The van der Waals surface area contributed by atoms with Crippen molar-refractivity contribution in [3.05, 3.63) is 35.3 Å². The Labute approximate surface area is 302 Å². The second kappa shape index (κ2) is 14.1. The molecule has 11 nitrogen and oxygen atoms in total. The molecule has 9 rings (SSSR count). The Morgan fingerprint density at radius 2 is 1.83 bits per heavy atom. The number of nitrogens with zero attached hydrogens (tertiary/aromatic N) is 5. The molecule has 3 saturated heterocycles. The fourth-order valence-electron chi connectivity index (χ4n) is 9.15. The highest BCUT2D eigenvalue weighted by molar-refractivity contribution is 5.92. The number of hydrogen-bond donors (Lipinski definition) is 3. The number of hydrogen-bond acceptors (Lipinski definition) is 9. The number of aromatic nitrogens is 3. The average molecular weight is 747 g/mol. The number of carboxylic acids is 1. The highest BCUT2D eigenvalue weighted by Crippen LogP contribution is 2.45.